The molecule has 1 aromatic heterocycles. The number of benzene rings is 10. The van der Waals surface area contributed by atoms with E-state index in [-0.39, 0.29) is 5.41 Å². The lowest BCUT2D eigenvalue weighted by Gasteiger charge is -2.29. The molecule has 0 saturated carbocycles. The van der Waals surface area contributed by atoms with Crippen LogP contribution in [0.4, 0.5) is 17.1 Å². The molecule has 59 heavy (non-hydrogen) atoms. The van der Waals surface area contributed by atoms with Gasteiger partial charge >= 0.3 is 0 Å². The highest BCUT2D eigenvalue weighted by Gasteiger charge is 2.36. The minimum Gasteiger partial charge on any atom is -0.455 e. The van der Waals surface area contributed by atoms with Crippen LogP contribution in [0.5, 0.6) is 0 Å². The molecule has 12 rings (SSSR count). The van der Waals surface area contributed by atoms with Gasteiger partial charge in [-0.05, 0) is 108 Å². The fourth-order valence-corrected chi connectivity index (χ4v) is 9.93. The van der Waals surface area contributed by atoms with Crippen molar-refractivity contribution < 1.29 is 4.42 Å². The van der Waals surface area contributed by atoms with Crippen LogP contribution in [0.2, 0.25) is 0 Å². The maximum Gasteiger partial charge on any atom is 0.143 e. The summed E-state index contributed by atoms with van der Waals surface area (Å²) in [6.07, 6.45) is 0. The SMILES string of the molecule is CC1(C)c2ccccc2-c2ccc(N(c3ccc4oc5c(-c6ccc(-c7ccccc7)cc6)c6ccccc6cc5c4c3)c3cc4ccccc4c4ccccc34)cc21. The van der Waals surface area contributed by atoms with Crippen molar-refractivity contribution in [3.05, 3.63) is 211 Å². The summed E-state index contributed by atoms with van der Waals surface area (Å²) in [4.78, 5) is 2.47. The molecule has 0 spiro atoms. The maximum atomic E-state index is 6.94. The Balaban J connectivity index is 1.10. The van der Waals surface area contributed by atoms with Gasteiger partial charge in [0.15, 0.2) is 0 Å². The number of nitrogens with zero attached hydrogens (tertiary/aromatic N) is 1. The van der Waals surface area contributed by atoms with Crippen LogP contribution in [0.1, 0.15) is 25.0 Å². The van der Waals surface area contributed by atoms with Gasteiger partial charge in [-0.15, -0.1) is 0 Å². The predicted molar refractivity (Wildman–Crippen MR) is 249 cm³/mol. The lowest BCUT2D eigenvalue weighted by atomic mass is 9.82. The molecule has 1 aliphatic carbocycles. The normalized spacial score (nSPS) is 13.1. The Kier molecular flexibility index (Phi) is 7.31. The van der Waals surface area contributed by atoms with Crippen molar-refractivity contribution in [2.75, 3.05) is 4.90 Å². The van der Waals surface area contributed by atoms with Crippen molar-refractivity contribution in [1.82, 2.24) is 0 Å². The molecular formula is C57H39NO. The molecule has 2 nitrogen and oxygen atoms in total. The van der Waals surface area contributed by atoms with E-state index < -0.39 is 0 Å². The molecule has 2 heteroatoms. The van der Waals surface area contributed by atoms with Gasteiger partial charge in [0.2, 0.25) is 0 Å². The number of hydrogen-bond donors (Lipinski definition) is 0. The number of furan rings is 1. The van der Waals surface area contributed by atoms with Crippen LogP contribution in [0.25, 0.3) is 87.6 Å². The fourth-order valence-electron chi connectivity index (χ4n) is 9.93. The van der Waals surface area contributed by atoms with E-state index in [0.29, 0.717) is 0 Å². The second kappa shape index (κ2) is 12.8. The maximum absolute atomic E-state index is 6.94. The van der Waals surface area contributed by atoms with Gasteiger partial charge in [-0.25, -0.2) is 0 Å². The molecule has 278 valence electrons. The lowest BCUT2D eigenvalue weighted by Crippen LogP contribution is -2.16. The summed E-state index contributed by atoms with van der Waals surface area (Å²) >= 11 is 0. The van der Waals surface area contributed by atoms with Crippen molar-refractivity contribution >= 4 is 71.3 Å². The molecular weight excluding hydrogens is 715 g/mol. The topological polar surface area (TPSA) is 16.4 Å². The van der Waals surface area contributed by atoms with E-state index in [1.54, 1.807) is 0 Å². The molecule has 0 radical (unpaired) electrons. The van der Waals surface area contributed by atoms with Gasteiger partial charge in [-0.2, -0.15) is 0 Å². The zero-order valence-corrected chi connectivity index (χ0v) is 32.9. The summed E-state index contributed by atoms with van der Waals surface area (Å²) in [7, 11) is 0. The minimum atomic E-state index is -0.138. The first kappa shape index (κ1) is 33.7. The molecule has 11 aromatic rings. The highest BCUT2D eigenvalue weighted by Crippen LogP contribution is 2.52. The summed E-state index contributed by atoms with van der Waals surface area (Å²) < 4.78 is 6.94. The molecule has 0 amide bonds. The van der Waals surface area contributed by atoms with Crippen molar-refractivity contribution in [3.8, 4) is 33.4 Å². The third-order valence-electron chi connectivity index (χ3n) is 12.8. The Morgan fingerprint density at radius 2 is 0.983 bits per heavy atom. The van der Waals surface area contributed by atoms with Gasteiger partial charge in [-0.3, -0.25) is 0 Å². The lowest BCUT2D eigenvalue weighted by molar-refractivity contribution is 0.660. The van der Waals surface area contributed by atoms with E-state index >= 15 is 0 Å². The highest BCUT2D eigenvalue weighted by molar-refractivity contribution is 6.19. The van der Waals surface area contributed by atoms with Gasteiger partial charge in [0.1, 0.15) is 11.2 Å². The van der Waals surface area contributed by atoms with E-state index in [9.17, 15) is 0 Å². The zero-order valence-electron chi connectivity index (χ0n) is 32.9. The second-order valence-electron chi connectivity index (χ2n) is 16.5. The van der Waals surface area contributed by atoms with Crippen LogP contribution in [-0.4, -0.2) is 0 Å². The Morgan fingerprint density at radius 1 is 0.390 bits per heavy atom. The highest BCUT2D eigenvalue weighted by atomic mass is 16.3. The Hall–Kier alpha value is -7.42. The summed E-state index contributed by atoms with van der Waals surface area (Å²) in [6.45, 7) is 4.72. The molecule has 0 N–H and O–H groups in total. The second-order valence-corrected chi connectivity index (χ2v) is 16.5. The van der Waals surface area contributed by atoms with Crippen LogP contribution in [0.3, 0.4) is 0 Å². The Labute approximate surface area is 343 Å². The number of hydrogen-bond acceptors (Lipinski definition) is 2. The van der Waals surface area contributed by atoms with E-state index in [1.165, 1.54) is 65.7 Å². The Bertz CT molecular complexity index is 3460. The van der Waals surface area contributed by atoms with Crippen LogP contribution >= 0.6 is 0 Å². The molecule has 0 saturated heterocycles. The monoisotopic (exact) mass is 753 g/mol. The summed E-state index contributed by atoms with van der Waals surface area (Å²) in [6, 6.07) is 73.1. The minimum absolute atomic E-state index is 0.138. The van der Waals surface area contributed by atoms with E-state index in [2.05, 4.69) is 219 Å². The van der Waals surface area contributed by atoms with Crippen molar-refractivity contribution in [2.45, 2.75) is 19.3 Å². The average Bonchev–Trinajstić information content (AvgIpc) is 3.76. The number of rotatable bonds is 5. The smallest absolute Gasteiger partial charge is 0.143 e. The summed E-state index contributed by atoms with van der Waals surface area (Å²) in [5.41, 5.74) is 15.0. The summed E-state index contributed by atoms with van der Waals surface area (Å²) in [5.74, 6) is 0. The average molecular weight is 754 g/mol. The first-order valence-electron chi connectivity index (χ1n) is 20.5. The van der Waals surface area contributed by atoms with E-state index in [4.69, 9.17) is 4.42 Å². The standard InChI is InChI=1S/C57H39NO/c1-57(2)51-23-13-12-21-46(51)47-30-28-42(35-52(47)57)58(53-33-40-17-6-8-18-43(40)45-20-10-11-22-48(45)53)41-29-31-54-49(34-41)50-32-39-16-7-9-19-44(39)55(56(50)59-54)38-26-24-37(25-27-38)36-14-4-3-5-15-36/h3-35H,1-2H3. The molecule has 0 bridgehead atoms. The van der Waals surface area contributed by atoms with Crippen LogP contribution < -0.4 is 4.90 Å². The first-order valence-corrected chi connectivity index (χ1v) is 20.5. The van der Waals surface area contributed by atoms with E-state index in [0.717, 1.165) is 50.1 Å². The van der Waals surface area contributed by atoms with Gasteiger partial charge in [0, 0.05) is 38.5 Å². The molecule has 0 atom stereocenters. The third kappa shape index (κ3) is 5.13. The quantitative estimate of drug-likeness (QED) is 0.163. The molecule has 10 aromatic carbocycles. The van der Waals surface area contributed by atoms with Crippen LogP contribution in [-0.2, 0) is 5.41 Å². The number of anilines is 3. The van der Waals surface area contributed by atoms with Crippen molar-refractivity contribution in [3.63, 3.8) is 0 Å². The first-order chi connectivity index (χ1) is 29.0. The Morgan fingerprint density at radius 3 is 1.80 bits per heavy atom. The van der Waals surface area contributed by atoms with E-state index in [1.807, 2.05) is 0 Å². The van der Waals surface area contributed by atoms with Crippen molar-refractivity contribution in [1.29, 1.82) is 0 Å². The molecule has 1 aliphatic rings. The molecule has 0 aliphatic heterocycles. The number of fused-ring (bicyclic) bond motifs is 10. The van der Waals surface area contributed by atoms with Crippen LogP contribution in [0.15, 0.2) is 205 Å². The van der Waals surface area contributed by atoms with Crippen molar-refractivity contribution in [2.24, 2.45) is 0 Å². The fraction of sp³-hybridized carbons (Fsp3) is 0.0526. The van der Waals surface area contributed by atoms with Gasteiger partial charge in [0.25, 0.3) is 0 Å². The van der Waals surface area contributed by atoms with Gasteiger partial charge in [0.05, 0.1) is 5.69 Å². The predicted octanol–water partition coefficient (Wildman–Crippen LogP) is 16.2. The zero-order chi connectivity index (χ0) is 39.2. The van der Waals surface area contributed by atoms with Crippen LogP contribution in [0, 0.1) is 0 Å². The van der Waals surface area contributed by atoms with Gasteiger partial charge in [-0.1, -0.05) is 172 Å². The largest absolute Gasteiger partial charge is 0.455 e. The molecule has 1 heterocycles. The third-order valence-corrected chi connectivity index (χ3v) is 12.8. The molecule has 0 unspecified atom stereocenters. The van der Waals surface area contributed by atoms with Gasteiger partial charge < -0.3 is 9.32 Å². The molecule has 0 fully saturated rings. The summed E-state index contributed by atoms with van der Waals surface area (Å²) in [5, 5.41) is 9.48.